The first-order valence-corrected chi connectivity index (χ1v) is 17.2. The number of carbonyl (C=O) groups is 4. The number of methoxy groups -OCH3 is 1. The molecular formula is C38H49NO14. The Morgan fingerprint density at radius 1 is 0.679 bits per heavy atom. The first-order chi connectivity index (χ1) is 25.5. The molecular weight excluding hydrogens is 694 g/mol. The van der Waals surface area contributed by atoms with Crippen LogP contribution in [-0.2, 0) is 79.8 Å². The second-order valence-electron chi connectivity index (χ2n) is 12.5. The van der Waals surface area contributed by atoms with Gasteiger partial charge in [0.15, 0.2) is 30.9 Å². The second-order valence-corrected chi connectivity index (χ2v) is 12.5. The molecule has 2 aliphatic rings. The number of rotatable bonds is 18. The molecule has 2 fully saturated rings. The van der Waals surface area contributed by atoms with Crippen molar-refractivity contribution in [2.75, 3.05) is 26.9 Å². The normalized spacial score (nSPS) is 28.3. The summed E-state index contributed by atoms with van der Waals surface area (Å²) in [6.45, 7) is 8.85. The SMILES string of the molecule is C=CCO[C@@H]1[C@@H](NC(C)=O)[C@H](OC)O[C@H](COCc2ccccc2)[C@H]1O[C@@H]1O[C@H](COCc2ccccc2)[C@H](OC(C)=O)[C@H](OC(C)=O)[C@H]1OC(C)=O. The van der Waals surface area contributed by atoms with Crippen molar-refractivity contribution >= 4 is 23.8 Å². The van der Waals surface area contributed by atoms with E-state index in [-0.39, 0.29) is 33.0 Å². The summed E-state index contributed by atoms with van der Waals surface area (Å²) in [7, 11) is 1.42. The van der Waals surface area contributed by atoms with E-state index in [9.17, 15) is 19.2 Å². The predicted octanol–water partition coefficient (Wildman–Crippen LogP) is 2.77. The molecule has 53 heavy (non-hydrogen) atoms. The Labute approximate surface area is 309 Å². The van der Waals surface area contributed by atoms with Crippen LogP contribution in [0.2, 0.25) is 0 Å². The zero-order chi connectivity index (χ0) is 38.3. The van der Waals surface area contributed by atoms with E-state index in [0.717, 1.165) is 18.1 Å². The van der Waals surface area contributed by atoms with Gasteiger partial charge in [-0.25, -0.2) is 0 Å². The van der Waals surface area contributed by atoms with Crippen LogP contribution >= 0.6 is 0 Å². The third kappa shape index (κ3) is 12.4. The highest BCUT2D eigenvalue weighted by atomic mass is 16.8. The van der Waals surface area contributed by atoms with Crippen molar-refractivity contribution < 1.29 is 66.5 Å². The van der Waals surface area contributed by atoms with E-state index in [2.05, 4.69) is 11.9 Å². The molecule has 15 nitrogen and oxygen atoms in total. The summed E-state index contributed by atoms with van der Waals surface area (Å²) in [4.78, 5) is 49.9. The summed E-state index contributed by atoms with van der Waals surface area (Å²) in [5.41, 5.74) is 1.77. The highest BCUT2D eigenvalue weighted by Crippen LogP contribution is 2.34. The Kier molecular flexibility index (Phi) is 16.4. The van der Waals surface area contributed by atoms with E-state index in [1.54, 1.807) is 0 Å². The summed E-state index contributed by atoms with van der Waals surface area (Å²) >= 11 is 0. The molecule has 1 N–H and O–H groups in total. The van der Waals surface area contributed by atoms with Gasteiger partial charge in [-0.1, -0.05) is 66.7 Å². The number of amides is 1. The fourth-order valence-corrected chi connectivity index (χ4v) is 6.16. The monoisotopic (exact) mass is 743 g/mol. The Balaban J connectivity index is 1.73. The summed E-state index contributed by atoms with van der Waals surface area (Å²) in [5, 5.41) is 2.83. The number of carbonyl (C=O) groups excluding carboxylic acids is 4. The molecule has 0 bridgehead atoms. The average molecular weight is 744 g/mol. The minimum Gasteiger partial charge on any atom is -0.456 e. The second kappa shape index (κ2) is 20.9. The number of esters is 3. The van der Waals surface area contributed by atoms with E-state index in [1.807, 2.05) is 60.7 Å². The molecule has 15 heteroatoms. The first kappa shape index (κ1) is 41.5. The fourth-order valence-electron chi connectivity index (χ4n) is 6.16. The smallest absolute Gasteiger partial charge is 0.303 e. The van der Waals surface area contributed by atoms with Crippen LogP contribution in [0.1, 0.15) is 38.8 Å². The first-order valence-electron chi connectivity index (χ1n) is 17.2. The Morgan fingerprint density at radius 2 is 1.17 bits per heavy atom. The molecule has 2 heterocycles. The standard InChI is InChI=1S/C38H49NO14/c1-7-18-47-34-31(39-23(2)40)37(44-6)51-29(21-45-19-27-14-10-8-11-15-27)32(34)53-38-36(50-26(5)43)35(49-25(4)42)33(48-24(3)41)30(52-38)22-46-20-28-16-12-9-13-17-28/h7-17,29-38H,1,18-22H2,2-6H3,(H,39,40)/t29-,30-,31-,32-,33+,34-,35+,36-,37-,38+/m1/s1. The van der Waals surface area contributed by atoms with Crippen LogP contribution in [0.4, 0.5) is 0 Å². The highest BCUT2D eigenvalue weighted by molar-refractivity contribution is 5.73. The molecule has 2 aromatic carbocycles. The lowest BCUT2D eigenvalue weighted by Gasteiger charge is -2.49. The third-order valence-corrected chi connectivity index (χ3v) is 8.23. The number of hydrogen-bond donors (Lipinski definition) is 1. The molecule has 0 radical (unpaired) electrons. The predicted molar refractivity (Wildman–Crippen MR) is 186 cm³/mol. The lowest BCUT2D eigenvalue weighted by Crippen LogP contribution is -2.68. The largest absolute Gasteiger partial charge is 0.456 e. The molecule has 0 aliphatic carbocycles. The topological polar surface area (TPSA) is 173 Å². The van der Waals surface area contributed by atoms with Gasteiger partial charge in [0.1, 0.15) is 30.5 Å². The fraction of sp³-hybridized carbons (Fsp3) is 0.526. The Hall–Kier alpha value is -4.22. The Morgan fingerprint density at radius 3 is 1.66 bits per heavy atom. The third-order valence-electron chi connectivity index (χ3n) is 8.23. The van der Waals surface area contributed by atoms with Crippen molar-refractivity contribution in [3.05, 3.63) is 84.4 Å². The van der Waals surface area contributed by atoms with Crippen LogP contribution in [0.15, 0.2) is 73.3 Å². The van der Waals surface area contributed by atoms with Crippen LogP contribution in [0.3, 0.4) is 0 Å². The minimum absolute atomic E-state index is 0.0358. The number of nitrogens with one attached hydrogen (secondary N) is 1. The minimum atomic E-state index is -1.49. The number of benzene rings is 2. The number of ether oxygens (including phenoxy) is 10. The molecule has 10 atom stereocenters. The van der Waals surface area contributed by atoms with E-state index in [0.29, 0.717) is 0 Å². The molecule has 290 valence electrons. The lowest BCUT2D eigenvalue weighted by molar-refractivity contribution is -0.352. The van der Waals surface area contributed by atoms with Gasteiger partial charge in [0, 0.05) is 34.8 Å². The maximum atomic E-state index is 12.6. The van der Waals surface area contributed by atoms with Crippen molar-refractivity contribution in [1.29, 1.82) is 0 Å². The van der Waals surface area contributed by atoms with Gasteiger partial charge in [-0.15, -0.1) is 6.58 Å². The van der Waals surface area contributed by atoms with Gasteiger partial charge < -0.3 is 52.7 Å². The summed E-state index contributed by atoms with van der Waals surface area (Å²) < 4.78 is 60.4. The van der Waals surface area contributed by atoms with Gasteiger partial charge in [-0.05, 0) is 11.1 Å². The van der Waals surface area contributed by atoms with Crippen LogP contribution in [0.5, 0.6) is 0 Å². The van der Waals surface area contributed by atoms with Gasteiger partial charge in [0.2, 0.25) is 5.91 Å². The van der Waals surface area contributed by atoms with Crippen molar-refractivity contribution in [3.8, 4) is 0 Å². The van der Waals surface area contributed by atoms with E-state index >= 15 is 0 Å². The molecule has 2 aliphatic heterocycles. The molecule has 1 amide bonds. The average Bonchev–Trinajstić information content (AvgIpc) is 3.11. The van der Waals surface area contributed by atoms with Crippen LogP contribution in [0.25, 0.3) is 0 Å². The summed E-state index contributed by atoms with van der Waals surface area (Å²) in [6.07, 6.45) is -9.19. The Bertz CT molecular complexity index is 1480. The maximum absolute atomic E-state index is 12.6. The zero-order valence-electron chi connectivity index (χ0n) is 30.6. The molecule has 0 saturated carbocycles. The van der Waals surface area contributed by atoms with E-state index in [1.165, 1.54) is 34.0 Å². The molecule has 0 aromatic heterocycles. The number of hydrogen-bond acceptors (Lipinski definition) is 14. The highest BCUT2D eigenvalue weighted by Gasteiger charge is 2.56. The van der Waals surface area contributed by atoms with Gasteiger partial charge in [-0.2, -0.15) is 0 Å². The molecule has 4 rings (SSSR count). The quantitative estimate of drug-likeness (QED) is 0.134. The summed E-state index contributed by atoms with van der Waals surface area (Å²) in [5.74, 6) is -2.61. The van der Waals surface area contributed by atoms with Crippen molar-refractivity contribution in [3.63, 3.8) is 0 Å². The lowest BCUT2D eigenvalue weighted by atomic mass is 9.94. The van der Waals surface area contributed by atoms with Crippen molar-refractivity contribution in [2.24, 2.45) is 0 Å². The van der Waals surface area contributed by atoms with E-state index < -0.39 is 85.2 Å². The molecule has 0 spiro atoms. The van der Waals surface area contributed by atoms with Crippen LogP contribution in [0, 0.1) is 0 Å². The van der Waals surface area contributed by atoms with Gasteiger partial charge in [0.25, 0.3) is 0 Å². The zero-order valence-corrected chi connectivity index (χ0v) is 30.6. The van der Waals surface area contributed by atoms with Gasteiger partial charge in [0.05, 0.1) is 33.0 Å². The maximum Gasteiger partial charge on any atom is 0.303 e. The van der Waals surface area contributed by atoms with Crippen molar-refractivity contribution in [2.45, 2.75) is 102 Å². The van der Waals surface area contributed by atoms with Crippen LogP contribution in [-0.4, -0.2) is 112 Å². The van der Waals surface area contributed by atoms with Crippen LogP contribution < -0.4 is 5.32 Å². The van der Waals surface area contributed by atoms with Gasteiger partial charge >= 0.3 is 17.9 Å². The molecule has 2 saturated heterocycles. The molecule has 0 unspecified atom stereocenters. The van der Waals surface area contributed by atoms with Gasteiger partial charge in [-0.3, -0.25) is 19.2 Å². The molecule has 2 aromatic rings. The summed E-state index contributed by atoms with van der Waals surface area (Å²) in [6, 6.07) is 17.9. The van der Waals surface area contributed by atoms with Crippen molar-refractivity contribution in [1.82, 2.24) is 5.32 Å². The van der Waals surface area contributed by atoms with E-state index in [4.69, 9.17) is 47.4 Å².